The highest BCUT2D eigenvalue weighted by Gasteiger charge is 2.33. The Balaban J connectivity index is 2.25. The smallest absolute Gasteiger partial charge is 0.261 e. The predicted molar refractivity (Wildman–Crippen MR) is 73.6 cm³/mol. The molecule has 1 unspecified atom stereocenters. The van der Waals surface area contributed by atoms with Crippen molar-refractivity contribution in [3.05, 3.63) is 11.2 Å². The summed E-state index contributed by atoms with van der Waals surface area (Å²) in [5.41, 5.74) is 0. The van der Waals surface area contributed by atoms with Gasteiger partial charge in [0.1, 0.15) is 0 Å². The van der Waals surface area contributed by atoms with Crippen LogP contribution in [0.15, 0.2) is 11.2 Å². The number of aromatic nitrogens is 2. The van der Waals surface area contributed by atoms with E-state index in [0.717, 1.165) is 19.4 Å². The first-order chi connectivity index (χ1) is 8.96. The van der Waals surface area contributed by atoms with Crippen LogP contribution >= 0.6 is 11.6 Å². The molecule has 1 aromatic heterocycles. The molecule has 0 saturated carbocycles. The number of hydrogen-bond donors (Lipinski definition) is 1. The van der Waals surface area contributed by atoms with E-state index in [-0.39, 0.29) is 10.0 Å². The summed E-state index contributed by atoms with van der Waals surface area (Å²) in [4.78, 5) is 0. The normalized spacial score (nSPS) is 21.7. The molecule has 1 atom stereocenters. The topological polar surface area (TPSA) is 67.2 Å². The Bertz CT molecular complexity index is 521. The van der Waals surface area contributed by atoms with E-state index in [1.807, 2.05) is 7.05 Å². The minimum absolute atomic E-state index is 0.0827. The molecule has 0 aliphatic carbocycles. The van der Waals surface area contributed by atoms with Gasteiger partial charge in [-0.25, -0.2) is 8.42 Å². The number of sulfonamides is 1. The van der Waals surface area contributed by atoms with Gasteiger partial charge in [-0.15, -0.1) is 0 Å². The van der Waals surface area contributed by atoms with E-state index in [2.05, 4.69) is 10.4 Å². The van der Waals surface area contributed by atoms with Crippen molar-refractivity contribution in [2.24, 2.45) is 13.0 Å². The fraction of sp³-hybridized carbons (Fsp3) is 0.727. The summed E-state index contributed by atoms with van der Waals surface area (Å²) in [6.07, 6.45) is 3.29. The molecule has 2 rings (SSSR count). The third-order valence-corrected chi connectivity index (χ3v) is 5.77. The lowest BCUT2D eigenvalue weighted by Gasteiger charge is -2.31. The second-order valence-corrected chi connectivity index (χ2v) is 7.11. The lowest BCUT2D eigenvalue weighted by molar-refractivity contribution is 0.262. The van der Waals surface area contributed by atoms with Crippen molar-refractivity contribution in [3.63, 3.8) is 0 Å². The van der Waals surface area contributed by atoms with Crippen LogP contribution in [0.3, 0.4) is 0 Å². The first kappa shape index (κ1) is 14.8. The van der Waals surface area contributed by atoms with Crippen molar-refractivity contribution in [1.29, 1.82) is 0 Å². The SMILES string of the molecule is CNCC1CCCN(S(=O)(=O)c2c(Cl)cnn2C)C1. The van der Waals surface area contributed by atoms with E-state index in [9.17, 15) is 8.42 Å². The number of rotatable bonds is 4. The molecule has 1 aliphatic heterocycles. The molecule has 8 heteroatoms. The molecule has 0 radical (unpaired) electrons. The van der Waals surface area contributed by atoms with Crippen LogP contribution in [0.2, 0.25) is 5.02 Å². The number of piperidine rings is 1. The highest BCUT2D eigenvalue weighted by molar-refractivity contribution is 7.89. The van der Waals surface area contributed by atoms with Crippen molar-refractivity contribution in [2.45, 2.75) is 17.9 Å². The van der Waals surface area contributed by atoms with E-state index in [1.54, 1.807) is 7.05 Å². The Hall–Kier alpha value is -0.630. The van der Waals surface area contributed by atoms with Crippen molar-refractivity contribution in [1.82, 2.24) is 19.4 Å². The molecular formula is C11H19ClN4O2S. The predicted octanol–water partition coefficient (Wildman–Crippen LogP) is 0.694. The number of halogens is 1. The third-order valence-electron chi connectivity index (χ3n) is 3.40. The monoisotopic (exact) mass is 306 g/mol. The maximum absolute atomic E-state index is 12.6. The number of hydrogen-bond acceptors (Lipinski definition) is 4. The zero-order chi connectivity index (χ0) is 14.0. The number of aryl methyl sites for hydroxylation is 1. The third kappa shape index (κ3) is 2.94. The molecule has 0 spiro atoms. The van der Waals surface area contributed by atoms with E-state index in [4.69, 9.17) is 11.6 Å². The van der Waals surface area contributed by atoms with Crippen LogP contribution < -0.4 is 5.32 Å². The summed E-state index contributed by atoms with van der Waals surface area (Å²) in [5.74, 6) is 0.348. The summed E-state index contributed by atoms with van der Waals surface area (Å²) in [6, 6.07) is 0. The molecule has 108 valence electrons. The van der Waals surface area contributed by atoms with Gasteiger partial charge in [-0.1, -0.05) is 11.6 Å². The Morgan fingerprint density at radius 2 is 2.32 bits per heavy atom. The highest BCUT2D eigenvalue weighted by atomic mass is 35.5. The molecule has 19 heavy (non-hydrogen) atoms. The second kappa shape index (κ2) is 5.78. The van der Waals surface area contributed by atoms with E-state index < -0.39 is 10.0 Å². The lowest BCUT2D eigenvalue weighted by Crippen LogP contribution is -2.43. The Morgan fingerprint density at radius 3 is 2.89 bits per heavy atom. The van der Waals surface area contributed by atoms with Gasteiger partial charge in [-0.3, -0.25) is 4.68 Å². The van der Waals surface area contributed by atoms with E-state index in [1.165, 1.54) is 15.2 Å². The molecule has 1 fully saturated rings. The average Bonchev–Trinajstić information content (AvgIpc) is 2.70. The van der Waals surface area contributed by atoms with Crippen LogP contribution in [0.1, 0.15) is 12.8 Å². The molecule has 1 aliphatic rings. The van der Waals surface area contributed by atoms with Gasteiger partial charge in [0.2, 0.25) is 0 Å². The van der Waals surface area contributed by atoms with Gasteiger partial charge in [0, 0.05) is 20.1 Å². The van der Waals surface area contributed by atoms with Gasteiger partial charge < -0.3 is 5.32 Å². The van der Waals surface area contributed by atoms with Crippen LogP contribution in [0.25, 0.3) is 0 Å². The average molecular weight is 307 g/mol. The highest BCUT2D eigenvalue weighted by Crippen LogP contribution is 2.27. The van der Waals surface area contributed by atoms with E-state index >= 15 is 0 Å². The standard InChI is InChI=1S/C11H19ClN4O2S/c1-13-6-9-4-3-5-16(8-9)19(17,18)11-10(12)7-14-15(11)2/h7,9,13H,3-6,8H2,1-2H3. The molecule has 6 nitrogen and oxygen atoms in total. The van der Waals surface area contributed by atoms with Crippen LogP contribution in [0.4, 0.5) is 0 Å². The second-order valence-electron chi connectivity index (χ2n) is 4.85. The Morgan fingerprint density at radius 1 is 1.58 bits per heavy atom. The van der Waals surface area contributed by atoms with Gasteiger partial charge in [-0.2, -0.15) is 9.40 Å². The van der Waals surface area contributed by atoms with Crippen LogP contribution in [0, 0.1) is 5.92 Å². The molecule has 0 amide bonds. The molecule has 0 bridgehead atoms. The van der Waals surface area contributed by atoms with Crippen LogP contribution in [-0.4, -0.2) is 49.2 Å². The van der Waals surface area contributed by atoms with Gasteiger partial charge in [-0.05, 0) is 32.4 Å². The quantitative estimate of drug-likeness (QED) is 0.889. The largest absolute Gasteiger partial charge is 0.319 e. The molecule has 1 saturated heterocycles. The van der Waals surface area contributed by atoms with Gasteiger partial charge >= 0.3 is 0 Å². The molecule has 1 aromatic rings. The van der Waals surface area contributed by atoms with Crippen molar-refractivity contribution in [2.75, 3.05) is 26.7 Å². The number of nitrogens with one attached hydrogen (secondary N) is 1. The lowest BCUT2D eigenvalue weighted by atomic mass is 10.00. The summed E-state index contributed by atoms with van der Waals surface area (Å²) in [5, 5.41) is 7.26. The minimum atomic E-state index is -3.56. The summed E-state index contributed by atoms with van der Waals surface area (Å²) in [7, 11) is -0.0858. The maximum atomic E-state index is 12.6. The zero-order valence-electron chi connectivity index (χ0n) is 11.1. The van der Waals surface area contributed by atoms with Crippen LogP contribution in [0.5, 0.6) is 0 Å². The fourth-order valence-electron chi connectivity index (χ4n) is 2.51. The Labute approximate surface area is 118 Å². The van der Waals surface area contributed by atoms with Crippen molar-refractivity contribution in [3.8, 4) is 0 Å². The summed E-state index contributed by atoms with van der Waals surface area (Å²) >= 11 is 5.94. The zero-order valence-corrected chi connectivity index (χ0v) is 12.7. The van der Waals surface area contributed by atoms with Gasteiger partial charge in [0.15, 0.2) is 5.03 Å². The number of nitrogens with zero attached hydrogens (tertiary/aromatic N) is 3. The first-order valence-corrected chi connectivity index (χ1v) is 8.11. The van der Waals surface area contributed by atoms with Crippen molar-refractivity contribution >= 4 is 21.6 Å². The fourth-order valence-corrected chi connectivity index (χ4v) is 4.67. The summed E-state index contributed by atoms with van der Waals surface area (Å²) < 4.78 is 28.0. The van der Waals surface area contributed by atoms with E-state index in [0.29, 0.717) is 19.0 Å². The molecule has 2 heterocycles. The molecule has 1 N–H and O–H groups in total. The van der Waals surface area contributed by atoms with Crippen LogP contribution in [-0.2, 0) is 17.1 Å². The maximum Gasteiger partial charge on any atom is 0.261 e. The molecule has 0 aromatic carbocycles. The molecular weight excluding hydrogens is 288 g/mol. The van der Waals surface area contributed by atoms with Gasteiger partial charge in [0.25, 0.3) is 10.0 Å². The minimum Gasteiger partial charge on any atom is -0.319 e. The summed E-state index contributed by atoms with van der Waals surface area (Å²) in [6.45, 7) is 1.90. The van der Waals surface area contributed by atoms with Crippen molar-refractivity contribution < 1.29 is 8.42 Å². The first-order valence-electron chi connectivity index (χ1n) is 6.29. The Kier molecular flexibility index (Phi) is 4.50. The van der Waals surface area contributed by atoms with Gasteiger partial charge in [0.05, 0.1) is 11.2 Å².